The van der Waals surface area contributed by atoms with Gasteiger partial charge in [0.25, 0.3) is 0 Å². The molecule has 0 aliphatic carbocycles. The molecule has 2 aliphatic heterocycles. The summed E-state index contributed by atoms with van der Waals surface area (Å²) in [4.78, 5) is 16.0. The standard InChI is InChI=1S/C19H18N4O.C4H8N2O.2ClH.Os/c1-3-7-20-16(5-1)18-13-15(23-9-11-24-12-10-23)14-19(22-18)17-6-2-4-8-21-17;5-6-1-3-7-4-2-6;;;/h1-8,13-14H,9-12H2;1-4H2;2*1H;/q;;;;+2/p-2. The number of pyridine rings is 3. The van der Waals surface area contributed by atoms with Gasteiger partial charge in [-0.3, -0.25) is 9.97 Å². The van der Waals surface area contributed by atoms with Crippen LogP contribution in [0.15, 0.2) is 64.7 Å². The van der Waals surface area contributed by atoms with E-state index in [2.05, 4.69) is 30.8 Å². The molecule has 0 N–H and O–H groups in total. The molecule has 34 heavy (non-hydrogen) atoms. The minimum atomic E-state index is -2.11. The summed E-state index contributed by atoms with van der Waals surface area (Å²) in [5.41, 5.74) is 4.59. The molecular weight excluding hydrogens is 653 g/mol. The molecule has 8 nitrogen and oxygen atoms in total. The fourth-order valence-corrected chi connectivity index (χ4v) is 5.80. The summed E-state index contributed by atoms with van der Waals surface area (Å²) in [6.07, 6.45) is 3.58. The molecule has 2 fully saturated rings. The molecule has 0 spiro atoms. The molecule has 0 atom stereocenters. The van der Waals surface area contributed by atoms with Gasteiger partial charge in [-0.15, -0.1) is 0 Å². The van der Waals surface area contributed by atoms with Crippen molar-refractivity contribution in [2.75, 3.05) is 57.5 Å². The SMILES string of the molecule is [Cl][Os]([Cl])=[N]N1CCOCC1.c1ccc(-c2cc(N3CCOCC3)cc(-c3ccccn3)n2)nc1. The summed E-state index contributed by atoms with van der Waals surface area (Å²) in [5.74, 6) is 0. The van der Waals surface area contributed by atoms with Gasteiger partial charge in [0, 0.05) is 31.2 Å². The van der Waals surface area contributed by atoms with Crippen LogP contribution in [0.2, 0.25) is 0 Å². The monoisotopic (exact) mass is 680 g/mol. The predicted molar refractivity (Wildman–Crippen MR) is 130 cm³/mol. The van der Waals surface area contributed by atoms with Crippen molar-refractivity contribution in [3.05, 3.63) is 60.9 Å². The molecule has 5 rings (SSSR count). The van der Waals surface area contributed by atoms with Gasteiger partial charge in [0.15, 0.2) is 0 Å². The van der Waals surface area contributed by atoms with Gasteiger partial charge < -0.3 is 9.64 Å². The van der Waals surface area contributed by atoms with Gasteiger partial charge in [0.2, 0.25) is 0 Å². The van der Waals surface area contributed by atoms with Crippen LogP contribution in [0.25, 0.3) is 22.8 Å². The number of hydrogen-bond acceptors (Lipinski definition) is 8. The maximum Gasteiger partial charge on any atom is 0.0914 e. The van der Waals surface area contributed by atoms with E-state index in [9.17, 15) is 0 Å². The molecule has 2 saturated heterocycles. The quantitative estimate of drug-likeness (QED) is 0.406. The zero-order valence-corrected chi connectivity index (χ0v) is 22.6. The van der Waals surface area contributed by atoms with Crippen LogP contribution in [0.5, 0.6) is 0 Å². The second-order valence-electron chi connectivity index (χ2n) is 7.43. The van der Waals surface area contributed by atoms with Crippen molar-refractivity contribution < 1.29 is 23.5 Å². The number of aromatic nitrogens is 3. The van der Waals surface area contributed by atoms with Crippen LogP contribution in [0, 0.1) is 0 Å². The number of halogens is 2. The summed E-state index contributed by atoms with van der Waals surface area (Å²) in [7, 11) is 11.2. The second-order valence-corrected chi connectivity index (χ2v) is 14.4. The van der Waals surface area contributed by atoms with E-state index in [0.29, 0.717) is 0 Å². The number of hydrogen-bond donors (Lipinski definition) is 0. The Bertz CT molecular complexity index is 1000. The molecule has 2 aliphatic rings. The van der Waals surface area contributed by atoms with Crippen molar-refractivity contribution in [2.45, 2.75) is 0 Å². The maximum absolute atomic E-state index is 5.60. The third-order valence-electron chi connectivity index (χ3n) is 5.18. The molecule has 0 radical (unpaired) electrons. The molecular formula is C23H26Cl2N6O2Os. The number of anilines is 1. The van der Waals surface area contributed by atoms with E-state index in [-0.39, 0.29) is 0 Å². The molecule has 0 amide bonds. The smallest absolute Gasteiger partial charge is 0.0914 e. The second kappa shape index (κ2) is 13.3. The van der Waals surface area contributed by atoms with Crippen molar-refractivity contribution in [3.8, 4) is 22.8 Å². The molecule has 3 aromatic rings. The van der Waals surface area contributed by atoms with Gasteiger partial charge in [0.1, 0.15) is 0 Å². The third kappa shape index (κ3) is 7.57. The number of ether oxygens (including phenoxy) is 2. The Morgan fingerprint density at radius 3 is 1.74 bits per heavy atom. The molecule has 0 aromatic carbocycles. The Kier molecular flexibility index (Phi) is 9.87. The fraction of sp³-hybridized carbons (Fsp3) is 0.348. The Labute approximate surface area is 212 Å². The summed E-state index contributed by atoms with van der Waals surface area (Å²) < 4.78 is 14.7. The summed E-state index contributed by atoms with van der Waals surface area (Å²) in [6, 6.07) is 15.9. The van der Waals surface area contributed by atoms with Crippen molar-refractivity contribution >= 4 is 25.0 Å². The van der Waals surface area contributed by atoms with Gasteiger partial charge in [0.05, 0.1) is 36.0 Å². The predicted octanol–water partition coefficient (Wildman–Crippen LogP) is 4.39. The van der Waals surface area contributed by atoms with Crippen LogP contribution in [0.1, 0.15) is 0 Å². The zero-order valence-electron chi connectivity index (χ0n) is 18.5. The molecule has 182 valence electrons. The first kappa shape index (κ1) is 25.2. The molecule has 11 heteroatoms. The minimum Gasteiger partial charge on any atom is -0.378 e. The number of rotatable bonds is 4. The van der Waals surface area contributed by atoms with Crippen LogP contribution in [0.3, 0.4) is 0 Å². The Morgan fingerprint density at radius 2 is 1.26 bits per heavy atom. The average Bonchev–Trinajstić information content (AvgIpc) is 2.90. The first-order chi connectivity index (χ1) is 16.7. The van der Waals surface area contributed by atoms with Crippen molar-refractivity contribution in [1.82, 2.24) is 20.0 Å². The summed E-state index contributed by atoms with van der Waals surface area (Å²) >= 11 is -2.11. The third-order valence-corrected chi connectivity index (χ3v) is 7.16. The van der Waals surface area contributed by atoms with E-state index in [1.54, 1.807) is 12.4 Å². The Balaban J connectivity index is 0.000000231. The molecule has 0 unspecified atom stereocenters. The molecule has 5 heterocycles. The number of morpholine rings is 2. The average molecular weight is 680 g/mol. The van der Waals surface area contributed by atoms with Crippen molar-refractivity contribution in [3.63, 3.8) is 0 Å². The minimum absolute atomic E-state index is 0.740. The van der Waals surface area contributed by atoms with E-state index in [1.807, 2.05) is 41.4 Å². The van der Waals surface area contributed by atoms with Gasteiger partial charge >= 0.3 is 73.1 Å². The van der Waals surface area contributed by atoms with Crippen LogP contribution in [0.4, 0.5) is 5.69 Å². The Hall–Kier alpha value is -1.85. The molecule has 3 aromatic heterocycles. The summed E-state index contributed by atoms with van der Waals surface area (Å²) in [6.45, 7) is 6.41. The van der Waals surface area contributed by atoms with E-state index in [0.717, 1.165) is 81.1 Å². The van der Waals surface area contributed by atoms with Gasteiger partial charge in [-0.1, -0.05) is 12.1 Å². The molecule has 0 saturated carbocycles. The van der Waals surface area contributed by atoms with E-state index in [1.165, 1.54) is 0 Å². The summed E-state index contributed by atoms with van der Waals surface area (Å²) in [5, 5.41) is 1.91. The first-order valence-corrected chi connectivity index (χ1v) is 18.3. The van der Waals surface area contributed by atoms with Gasteiger partial charge in [-0.05, 0) is 36.4 Å². The van der Waals surface area contributed by atoms with Crippen LogP contribution >= 0.6 is 19.3 Å². The van der Waals surface area contributed by atoms with Gasteiger partial charge in [-0.2, -0.15) is 0 Å². The Morgan fingerprint density at radius 1 is 0.735 bits per heavy atom. The van der Waals surface area contributed by atoms with Crippen molar-refractivity contribution in [2.24, 2.45) is 3.76 Å². The van der Waals surface area contributed by atoms with E-state index >= 15 is 0 Å². The van der Waals surface area contributed by atoms with Crippen LogP contribution < -0.4 is 4.90 Å². The first-order valence-electron chi connectivity index (χ1n) is 10.9. The zero-order chi connectivity index (χ0) is 23.6. The largest absolute Gasteiger partial charge is 0.378 e. The topological polar surface area (TPSA) is 76.0 Å². The number of nitrogens with zero attached hydrogens (tertiary/aromatic N) is 6. The molecule has 0 bridgehead atoms. The van der Waals surface area contributed by atoms with Crippen LogP contribution in [-0.4, -0.2) is 72.6 Å². The van der Waals surface area contributed by atoms with Crippen LogP contribution in [-0.2, 0) is 23.5 Å². The maximum atomic E-state index is 5.60. The van der Waals surface area contributed by atoms with E-state index < -0.39 is 14.0 Å². The van der Waals surface area contributed by atoms with Gasteiger partial charge in [-0.25, -0.2) is 4.98 Å². The fourth-order valence-electron chi connectivity index (χ4n) is 3.51. The normalized spacial score (nSPS) is 16.9. The van der Waals surface area contributed by atoms with E-state index in [4.69, 9.17) is 33.7 Å². The van der Waals surface area contributed by atoms with Crippen molar-refractivity contribution in [1.29, 1.82) is 0 Å².